The van der Waals surface area contributed by atoms with Crippen molar-refractivity contribution < 1.29 is 0 Å². The van der Waals surface area contributed by atoms with Gasteiger partial charge in [0.1, 0.15) is 0 Å². The largest absolute Gasteiger partial charge is 0.316 e. The highest BCUT2D eigenvalue weighted by atomic mass is 14.9. The summed E-state index contributed by atoms with van der Waals surface area (Å²) in [6.07, 6.45) is 9.81. The molecular weight excluding hydrogens is 182 g/mol. The molecule has 1 aliphatic carbocycles. The predicted molar refractivity (Wildman–Crippen MR) is 68.1 cm³/mol. The van der Waals surface area contributed by atoms with Gasteiger partial charge in [0, 0.05) is 6.54 Å². The van der Waals surface area contributed by atoms with Crippen LogP contribution in [0.4, 0.5) is 0 Å². The third kappa shape index (κ3) is 4.55. The average Bonchev–Trinajstić information content (AvgIpc) is 2.20. The first-order valence-corrected chi connectivity index (χ1v) is 6.91. The van der Waals surface area contributed by atoms with Crippen molar-refractivity contribution in [1.82, 2.24) is 5.32 Å². The lowest BCUT2D eigenvalue weighted by atomic mass is 9.70. The third-order valence-corrected chi connectivity index (χ3v) is 4.09. The standard InChI is InChI=1S/C14H29N/c1-4-6-8-13(5-2)11-15-12-14(3)9-7-10-14/h13,15H,4-12H2,1-3H3. The van der Waals surface area contributed by atoms with Gasteiger partial charge in [-0.1, -0.05) is 46.5 Å². The van der Waals surface area contributed by atoms with Gasteiger partial charge in [0.05, 0.1) is 0 Å². The fourth-order valence-corrected chi connectivity index (χ4v) is 2.48. The molecule has 0 aliphatic heterocycles. The Hall–Kier alpha value is -0.0400. The zero-order chi connectivity index (χ0) is 11.1. The topological polar surface area (TPSA) is 12.0 Å². The van der Waals surface area contributed by atoms with Crippen molar-refractivity contribution in [3.63, 3.8) is 0 Å². The Bertz CT molecular complexity index is 161. The van der Waals surface area contributed by atoms with Crippen molar-refractivity contribution in [1.29, 1.82) is 0 Å². The summed E-state index contributed by atoms with van der Waals surface area (Å²) in [5.74, 6) is 0.911. The Morgan fingerprint density at radius 1 is 1.27 bits per heavy atom. The first-order valence-electron chi connectivity index (χ1n) is 6.91. The molecule has 0 spiro atoms. The summed E-state index contributed by atoms with van der Waals surface area (Å²) in [6, 6.07) is 0. The zero-order valence-corrected chi connectivity index (χ0v) is 10.9. The molecule has 1 rings (SSSR count). The maximum Gasteiger partial charge on any atom is 0.000527 e. The molecule has 1 heteroatoms. The van der Waals surface area contributed by atoms with Crippen molar-refractivity contribution in [2.75, 3.05) is 13.1 Å². The molecule has 0 heterocycles. The molecule has 1 unspecified atom stereocenters. The van der Waals surface area contributed by atoms with Crippen LogP contribution < -0.4 is 5.32 Å². The smallest absolute Gasteiger partial charge is 0.000527 e. The normalized spacial score (nSPS) is 21.0. The van der Waals surface area contributed by atoms with Crippen molar-refractivity contribution in [2.24, 2.45) is 11.3 Å². The molecule has 0 saturated heterocycles. The third-order valence-electron chi connectivity index (χ3n) is 4.09. The Morgan fingerprint density at radius 2 is 2.00 bits per heavy atom. The van der Waals surface area contributed by atoms with E-state index in [9.17, 15) is 0 Å². The lowest BCUT2D eigenvalue weighted by Gasteiger charge is -2.39. The lowest BCUT2D eigenvalue weighted by Crippen LogP contribution is -2.39. The minimum Gasteiger partial charge on any atom is -0.316 e. The van der Waals surface area contributed by atoms with E-state index in [1.165, 1.54) is 58.0 Å². The second-order valence-corrected chi connectivity index (χ2v) is 5.71. The molecule has 15 heavy (non-hydrogen) atoms. The molecule has 0 radical (unpaired) electrons. The number of hydrogen-bond donors (Lipinski definition) is 1. The molecule has 0 bridgehead atoms. The maximum atomic E-state index is 3.69. The van der Waals surface area contributed by atoms with E-state index in [2.05, 4.69) is 26.1 Å². The summed E-state index contributed by atoms with van der Waals surface area (Å²) < 4.78 is 0. The van der Waals surface area contributed by atoms with Gasteiger partial charge in [-0.25, -0.2) is 0 Å². The monoisotopic (exact) mass is 211 g/mol. The Morgan fingerprint density at radius 3 is 2.47 bits per heavy atom. The highest BCUT2D eigenvalue weighted by Crippen LogP contribution is 2.39. The van der Waals surface area contributed by atoms with E-state index in [0.29, 0.717) is 5.41 Å². The average molecular weight is 211 g/mol. The van der Waals surface area contributed by atoms with Crippen LogP contribution in [0.25, 0.3) is 0 Å². The minimum atomic E-state index is 0.642. The van der Waals surface area contributed by atoms with E-state index in [-0.39, 0.29) is 0 Å². The summed E-state index contributed by atoms with van der Waals surface area (Å²) in [7, 11) is 0. The molecule has 1 N–H and O–H groups in total. The van der Waals surface area contributed by atoms with Crippen molar-refractivity contribution >= 4 is 0 Å². The molecule has 1 saturated carbocycles. The van der Waals surface area contributed by atoms with Crippen LogP contribution in [-0.2, 0) is 0 Å². The lowest BCUT2D eigenvalue weighted by molar-refractivity contribution is 0.154. The van der Waals surface area contributed by atoms with Crippen LogP contribution >= 0.6 is 0 Å². The van der Waals surface area contributed by atoms with Crippen LogP contribution in [-0.4, -0.2) is 13.1 Å². The van der Waals surface area contributed by atoms with Gasteiger partial charge in [-0.05, 0) is 37.1 Å². The number of rotatable bonds is 8. The van der Waals surface area contributed by atoms with E-state index in [1.54, 1.807) is 0 Å². The maximum absolute atomic E-state index is 3.69. The molecule has 0 aromatic rings. The quantitative estimate of drug-likeness (QED) is 0.640. The Kier molecular flexibility index (Phi) is 5.66. The highest BCUT2D eigenvalue weighted by molar-refractivity contribution is 4.85. The second kappa shape index (κ2) is 6.52. The fraction of sp³-hybridized carbons (Fsp3) is 1.00. The van der Waals surface area contributed by atoms with Gasteiger partial charge < -0.3 is 5.32 Å². The van der Waals surface area contributed by atoms with Crippen molar-refractivity contribution in [3.05, 3.63) is 0 Å². The molecule has 0 aromatic carbocycles. The van der Waals surface area contributed by atoms with Crippen LogP contribution in [0.15, 0.2) is 0 Å². The first kappa shape index (κ1) is 13.0. The van der Waals surface area contributed by atoms with E-state index < -0.39 is 0 Å². The summed E-state index contributed by atoms with van der Waals surface area (Å²) in [6.45, 7) is 9.53. The van der Waals surface area contributed by atoms with Gasteiger partial charge in [0.25, 0.3) is 0 Å². The van der Waals surface area contributed by atoms with Gasteiger partial charge in [-0.3, -0.25) is 0 Å². The van der Waals surface area contributed by atoms with E-state index in [0.717, 1.165) is 5.92 Å². The Labute approximate surface area is 96.0 Å². The Balaban J connectivity index is 2.05. The van der Waals surface area contributed by atoms with E-state index in [4.69, 9.17) is 0 Å². The van der Waals surface area contributed by atoms with E-state index in [1.807, 2.05) is 0 Å². The van der Waals surface area contributed by atoms with Crippen LogP contribution in [0, 0.1) is 11.3 Å². The molecule has 1 nitrogen and oxygen atoms in total. The molecular formula is C14H29N. The number of unbranched alkanes of at least 4 members (excludes halogenated alkanes) is 1. The summed E-state index contributed by atoms with van der Waals surface area (Å²) >= 11 is 0. The molecule has 1 atom stereocenters. The zero-order valence-electron chi connectivity index (χ0n) is 10.9. The fourth-order valence-electron chi connectivity index (χ4n) is 2.48. The first-order chi connectivity index (χ1) is 7.20. The molecule has 90 valence electrons. The van der Waals surface area contributed by atoms with Gasteiger partial charge in [-0.2, -0.15) is 0 Å². The van der Waals surface area contributed by atoms with Crippen LogP contribution in [0.3, 0.4) is 0 Å². The summed E-state index contributed by atoms with van der Waals surface area (Å²) in [5, 5.41) is 3.69. The minimum absolute atomic E-state index is 0.642. The summed E-state index contributed by atoms with van der Waals surface area (Å²) in [5.41, 5.74) is 0.642. The molecule has 0 aromatic heterocycles. The van der Waals surface area contributed by atoms with E-state index >= 15 is 0 Å². The van der Waals surface area contributed by atoms with Crippen LogP contribution in [0.1, 0.15) is 65.7 Å². The van der Waals surface area contributed by atoms with Gasteiger partial charge in [0.2, 0.25) is 0 Å². The van der Waals surface area contributed by atoms with Gasteiger partial charge in [0.15, 0.2) is 0 Å². The van der Waals surface area contributed by atoms with Crippen LogP contribution in [0.2, 0.25) is 0 Å². The molecule has 1 aliphatic rings. The van der Waals surface area contributed by atoms with Crippen molar-refractivity contribution in [3.8, 4) is 0 Å². The van der Waals surface area contributed by atoms with Crippen molar-refractivity contribution in [2.45, 2.75) is 65.7 Å². The van der Waals surface area contributed by atoms with Crippen LogP contribution in [0.5, 0.6) is 0 Å². The number of hydrogen-bond acceptors (Lipinski definition) is 1. The van der Waals surface area contributed by atoms with Gasteiger partial charge >= 0.3 is 0 Å². The molecule has 1 fully saturated rings. The number of nitrogens with one attached hydrogen (secondary N) is 1. The highest BCUT2D eigenvalue weighted by Gasteiger charge is 2.30. The summed E-state index contributed by atoms with van der Waals surface area (Å²) in [4.78, 5) is 0. The van der Waals surface area contributed by atoms with Gasteiger partial charge in [-0.15, -0.1) is 0 Å². The SMILES string of the molecule is CCCCC(CC)CNCC1(C)CCC1. The predicted octanol–water partition coefficient (Wildman–Crippen LogP) is 3.98. The second-order valence-electron chi connectivity index (χ2n) is 5.71. The molecule has 0 amide bonds.